The van der Waals surface area contributed by atoms with Gasteiger partial charge in [-0.2, -0.15) is 0 Å². The normalized spacial score (nSPS) is 14.9. The van der Waals surface area contributed by atoms with Crippen molar-refractivity contribution < 1.29 is 9.53 Å². The average molecular weight is 269 g/mol. The van der Waals surface area contributed by atoms with E-state index < -0.39 is 0 Å². The van der Waals surface area contributed by atoms with E-state index in [1.165, 1.54) is 0 Å². The third-order valence-corrected chi connectivity index (χ3v) is 2.90. The Labute approximate surface area is 97.8 Å². The fraction of sp³-hybridized carbons (Fsp3) is 0.417. The maximum absolute atomic E-state index is 11.6. The summed E-state index contributed by atoms with van der Waals surface area (Å²) in [6.45, 7) is 0.659. The summed E-state index contributed by atoms with van der Waals surface area (Å²) in [6, 6.07) is 5.76. The highest BCUT2D eigenvalue weighted by Crippen LogP contribution is 2.25. The van der Waals surface area contributed by atoms with Gasteiger partial charge in [0.05, 0.1) is 6.61 Å². The number of carbonyl (C=O) groups is 1. The lowest BCUT2D eigenvalue weighted by Crippen LogP contribution is -2.10. The summed E-state index contributed by atoms with van der Waals surface area (Å²) in [7, 11) is 0. The quantitative estimate of drug-likeness (QED) is 0.788. The van der Waals surface area contributed by atoms with E-state index >= 15 is 0 Å². The van der Waals surface area contributed by atoms with Gasteiger partial charge in [-0.3, -0.25) is 4.79 Å². The summed E-state index contributed by atoms with van der Waals surface area (Å²) >= 11 is 3.31. The maximum atomic E-state index is 11.6. The summed E-state index contributed by atoms with van der Waals surface area (Å²) in [4.78, 5) is 11.6. The molecule has 3 heteroatoms. The van der Waals surface area contributed by atoms with Crippen molar-refractivity contribution in [3.05, 3.63) is 29.3 Å². The number of hydrogen-bond acceptors (Lipinski definition) is 2. The number of rotatable bonds is 3. The molecule has 0 aromatic heterocycles. The van der Waals surface area contributed by atoms with Crippen LogP contribution in [0.3, 0.4) is 0 Å². The number of ketones is 1. The Morgan fingerprint density at radius 2 is 2.20 bits per heavy atom. The lowest BCUT2D eigenvalue weighted by atomic mass is 9.91. The molecule has 0 unspecified atom stereocenters. The second-order valence-corrected chi connectivity index (χ2v) is 4.43. The molecule has 0 radical (unpaired) electrons. The Morgan fingerprint density at radius 3 is 3.00 bits per heavy atom. The number of carbonyl (C=O) groups excluding carboxylic acids is 1. The van der Waals surface area contributed by atoms with Gasteiger partial charge in [0.25, 0.3) is 0 Å². The van der Waals surface area contributed by atoms with Crippen LogP contribution in [0.1, 0.15) is 28.8 Å². The predicted octanol–water partition coefficient (Wildman–Crippen LogP) is 2.98. The van der Waals surface area contributed by atoms with Crippen LogP contribution in [0.15, 0.2) is 18.2 Å². The molecule has 0 N–H and O–H groups in total. The lowest BCUT2D eigenvalue weighted by Gasteiger charge is -2.15. The molecule has 80 valence electrons. The predicted molar refractivity (Wildman–Crippen MR) is 63.0 cm³/mol. The van der Waals surface area contributed by atoms with Crippen molar-refractivity contribution in [1.29, 1.82) is 0 Å². The summed E-state index contributed by atoms with van der Waals surface area (Å²) < 4.78 is 5.50. The molecule has 0 bridgehead atoms. The maximum Gasteiger partial charge on any atom is 0.163 e. The molecule has 0 amide bonds. The highest BCUT2D eigenvalue weighted by Gasteiger charge is 2.17. The largest absolute Gasteiger partial charge is 0.493 e. The molecular weight excluding hydrogens is 256 g/mol. The standard InChI is InChI=1S/C12H13BrO2/c13-6-7-15-10-4-5-11-9(8-10)2-1-3-12(11)14/h4-5,8H,1-3,6-7H2. The highest BCUT2D eigenvalue weighted by atomic mass is 79.9. The van der Waals surface area contributed by atoms with E-state index in [1.807, 2.05) is 18.2 Å². The summed E-state index contributed by atoms with van der Waals surface area (Å²) in [5, 5.41) is 0.822. The number of ether oxygens (including phenoxy) is 1. The smallest absolute Gasteiger partial charge is 0.163 e. The van der Waals surface area contributed by atoms with Crippen LogP contribution in [0.4, 0.5) is 0 Å². The highest BCUT2D eigenvalue weighted by molar-refractivity contribution is 9.09. The van der Waals surface area contributed by atoms with Crippen molar-refractivity contribution in [1.82, 2.24) is 0 Å². The first kappa shape index (κ1) is 10.7. The van der Waals surface area contributed by atoms with Crippen LogP contribution in [0, 0.1) is 0 Å². The topological polar surface area (TPSA) is 26.3 Å². The van der Waals surface area contributed by atoms with Gasteiger partial charge < -0.3 is 4.74 Å². The number of aryl methyl sites for hydroxylation is 1. The first-order valence-corrected chi connectivity index (χ1v) is 6.28. The zero-order valence-electron chi connectivity index (χ0n) is 8.46. The van der Waals surface area contributed by atoms with E-state index in [0.717, 1.165) is 35.0 Å². The van der Waals surface area contributed by atoms with Gasteiger partial charge in [0.15, 0.2) is 5.78 Å². The van der Waals surface area contributed by atoms with Gasteiger partial charge in [0, 0.05) is 17.3 Å². The van der Waals surface area contributed by atoms with Crippen LogP contribution >= 0.6 is 15.9 Å². The molecule has 1 aromatic carbocycles. The van der Waals surface area contributed by atoms with Crippen molar-refractivity contribution in [2.24, 2.45) is 0 Å². The molecule has 1 aromatic rings. The minimum absolute atomic E-state index is 0.267. The van der Waals surface area contributed by atoms with Crippen molar-refractivity contribution in [2.75, 3.05) is 11.9 Å². The number of Topliss-reactive ketones (excluding diaryl/α,β-unsaturated/α-hetero) is 1. The molecular formula is C12H13BrO2. The minimum Gasteiger partial charge on any atom is -0.493 e. The Hall–Kier alpha value is -0.830. The van der Waals surface area contributed by atoms with Crippen molar-refractivity contribution in [2.45, 2.75) is 19.3 Å². The Morgan fingerprint density at radius 1 is 1.33 bits per heavy atom. The summed E-state index contributed by atoms with van der Waals surface area (Å²) in [6.07, 6.45) is 2.65. The van der Waals surface area contributed by atoms with Gasteiger partial charge >= 0.3 is 0 Å². The van der Waals surface area contributed by atoms with Crippen molar-refractivity contribution in [3.8, 4) is 5.75 Å². The van der Waals surface area contributed by atoms with Crippen LogP contribution in [0.5, 0.6) is 5.75 Å². The number of benzene rings is 1. The Kier molecular flexibility index (Phi) is 3.41. The second-order valence-electron chi connectivity index (χ2n) is 3.63. The first-order chi connectivity index (χ1) is 7.31. The molecule has 0 atom stereocenters. The van der Waals surface area contributed by atoms with Gasteiger partial charge in [-0.25, -0.2) is 0 Å². The summed E-state index contributed by atoms with van der Waals surface area (Å²) in [5.41, 5.74) is 2.02. The molecule has 15 heavy (non-hydrogen) atoms. The zero-order chi connectivity index (χ0) is 10.7. The van der Waals surface area contributed by atoms with E-state index in [0.29, 0.717) is 13.0 Å². The molecule has 0 spiro atoms. The van der Waals surface area contributed by atoms with Crippen LogP contribution in [0.2, 0.25) is 0 Å². The minimum atomic E-state index is 0.267. The van der Waals surface area contributed by atoms with E-state index in [2.05, 4.69) is 15.9 Å². The molecule has 0 heterocycles. The monoisotopic (exact) mass is 268 g/mol. The first-order valence-electron chi connectivity index (χ1n) is 5.16. The van der Waals surface area contributed by atoms with Gasteiger partial charge in [0.1, 0.15) is 5.75 Å². The van der Waals surface area contributed by atoms with Crippen LogP contribution < -0.4 is 4.74 Å². The van der Waals surface area contributed by atoms with Gasteiger partial charge in [0.2, 0.25) is 0 Å². The summed E-state index contributed by atoms with van der Waals surface area (Å²) in [5.74, 6) is 1.13. The number of hydrogen-bond donors (Lipinski definition) is 0. The van der Waals surface area contributed by atoms with Gasteiger partial charge in [-0.15, -0.1) is 0 Å². The van der Waals surface area contributed by atoms with Gasteiger partial charge in [-0.05, 0) is 36.6 Å². The van der Waals surface area contributed by atoms with Gasteiger partial charge in [-0.1, -0.05) is 15.9 Å². The number of halogens is 1. The molecule has 1 aliphatic rings. The number of fused-ring (bicyclic) bond motifs is 1. The number of alkyl halides is 1. The zero-order valence-corrected chi connectivity index (χ0v) is 10.0. The van der Waals surface area contributed by atoms with E-state index in [4.69, 9.17) is 4.74 Å². The Balaban J connectivity index is 2.21. The molecule has 2 rings (SSSR count). The molecule has 1 aliphatic carbocycles. The third kappa shape index (κ3) is 2.40. The van der Waals surface area contributed by atoms with E-state index in [-0.39, 0.29) is 5.78 Å². The molecule has 2 nitrogen and oxygen atoms in total. The second kappa shape index (κ2) is 4.79. The van der Waals surface area contributed by atoms with E-state index in [1.54, 1.807) is 0 Å². The molecule has 0 saturated carbocycles. The molecule has 0 saturated heterocycles. The average Bonchev–Trinajstić information content (AvgIpc) is 2.26. The fourth-order valence-corrected chi connectivity index (χ4v) is 2.03. The molecule has 0 fully saturated rings. The van der Waals surface area contributed by atoms with Crippen LogP contribution in [-0.2, 0) is 6.42 Å². The Bertz CT molecular complexity index is 374. The third-order valence-electron chi connectivity index (χ3n) is 2.57. The van der Waals surface area contributed by atoms with Crippen molar-refractivity contribution in [3.63, 3.8) is 0 Å². The SMILES string of the molecule is O=C1CCCc2cc(OCCBr)ccc21. The van der Waals surface area contributed by atoms with E-state index in [9.17, 15) is 4.79 Å². The lowest BCUT2D eigenvalue weighted by molar-refractivity contribution is 0.0972. The van der Waals surface area contributed by atoms with Crippen LogP contribution in [-0.4, -0.2) is 17.7 Å². The van der Waals surface area contributed by atoms with Crippen molar-refractivity contribution >= 4 is 21.7 Å². The molecule has 0 aliphatic heterocycles. The van der Waals surface area contributed by atoms with Crippen LogP contribution in [0.25, 0.3) is 0 Å². The fourth-order valence-electron chi connectivity index (χ4n) is 1.87.